The summed E-state index contributed by atoms with van der Waals surface area (Å²) in [6, 6.07) is 4.44. The maximum absolute atomic E-state index is 14.3. The van der Waals surface area contributed by atoms with E-state index in [0.717, 1.165) is 25.9 Å². The molecule has 1 aromatic carbocycles. The molecular weight excluding hydrogens is 250 g/mol. The molecule has 1 aliphatic rings. The van der Waals surface area contributed by atoms with Crippen LogP contribution in [0.1, 0.15) is 24.8 Å². The maximum Gasteiger partial charge on any atom is 0.273 e. The van der Waals surface area contributed by atoms with E-state index in [-0.39, 0.29) is 17.9 Å². The van der Waals surface area contributed by atoms with Crippen LogP contribution in [-0.4, -0.2) is 18.1 Å². The molecule has 2 heterocycles. The average molecular weight is 266 g/mol. The Hall–Kier alpha value is -1.49. The van der Waals surface area contributed by atoms with Crippen molar-refractivity contribution in [2.75, 3.05) is 13.1 Å². The van der Waals surface area contributed by atoms with Gasteiger partial charge in [-0.2, -0.15) is 0 Å². The first-order chi connectivity index (χ1) is 9.15. The van der Waals surface area contributed by atoms with Crippen LogP contribution in [0.25, 0.3) is 11.1 Å². The Bertz CT molecular complexity index is 561. The Morgan fingerprint density at radius 1 is 1.32 bits per heavy atom. The Labute approximate surface area is 110 Å². The number of nitrogens with zero attached hydrogens (tertiary/aromatic N) is 1. The highest BCUT2D eigenvalue weighted by Crippen LogP contribution is 2.38. The minimum atomic E-state index is -2.80. The van der Waals surface area contributed by atoms with E-state index in [4.69, 9.17) is 4.42 Å². The fourth-order valence-electron chi connectivity index (χ4n) is 2.65. The fraction of sp³-hybridized carbons (Fsp3) is 0.500. The molecule has 0 saturated carbocycles. The molecule has 1 aromatic heterocycles. The van der Waals surface area contributed by atoms with Crippen LogP contribution >= 0.6 is 0 Å². The van der Waals surface area contributed by atoms with E-state index in [2.05, 4.69) is 10.3 Å². The highest BCUT2D eigenvalue weighted by Gasteiger charge is 2.35. The SMILES string of the molecule is FC(F)(CC1CCNCC1)c1ccc2ncoc2c1. The van der Waals surface area contributed by atoms with Crippen molar-refractivity contribution in [1.82, 2.24) is 10.3 Å². The van der Waals surface area contributed by atoms with E-state index in [0.29, 0.717) is 11.1 Å². The number of rotatable bonds is 3. The number of nitrogens with one attached hydrogen (secondary N) is 1. The first-order valence-electron chi connectivity index (χ1n) is 6.57. The second-order valence-corrected chi connectivity index (χ2v) is 5.14. The Morgan fingerprint density at radius 3 is 2.89 bits per heavy atom. The van der Waals surface area contributed by atoms with Crippen molar-refractivity contribution in [1.29, 1.82) is 0 Å². The highest BCUT2D eigenvalue weighted by atomic mass is 19.3. The normalized spacial score (nSPS) is 18.0. The van der Waals surface area contributed by atoms with Gasteiger partial charge in [0.15, 0.2) is 12.0 Å². The number of oxazole rings is 1. The molecule has 0 bridgehead atoms. The second kappa shape index (κ2) is 4.89. The van der Waals surface area contributed by atoms with Gasteiger partial charge in [-0.05, 0) is 44.0 Å². The molecule has 5 heteroatoms. The van der Waals surface area contributed by atoms with Crippen LogP contribution < -0.4 is 5.32 Å². The fourth-order valence-corrected chi connectivity index (χ4v) is 2.65. The molecular formula is C14H16F2N2O. The molecule has 1 aliphatic heterocycles. The van der Waals surface area contributed by atoms with Gasteiger partial charge < -0.3 is 9.73 Å². The zero-order chi connectivity index (χ0) is 13.3. The van der Waals surface area contributed by atoms with Crippen molar-refractivity contribution >= 4 is 11.1 Å². The van der Waals surface area contributed by atoms with Gasteiger partial charge in [-0.25, -0.2) is 13.8 Å². The molecule has 0 aliphatic carbocycles. The van der Waals surface area contributed by atoms with Crippen LogP contribution in [0.5, 0.6) is 0 Å². The number of benzene rings is 1. The number of fused-ring (bicyclic) bond motifs is 1. The van der Waals surface area contributed by atoms with Gasteiger partial charge >= 0.3 is 0 Å². The van der Waals surface area contributed by atoms with Crippen LogP contribution in [0.3, 0.4) is 0 Å². The minimum absolute atomic E-state index is 0.0234. The summed E-state index contributed by atoms with van der Waals surface area (Å²) >= 11 is 0. The lowest BCUT2D eigenvalue weighted by Crippen LogP contribution is -2.30. The summed E-state index contributed by atoms with van der Waals surface area (Å²) in [5.41, 5.74) is 1.05. The zero-order valence-electron chi connectivity index (χ0n) is 10.5. The van der Waals surface area contributed by atoms with Crippen LogP contribution in [0, 0.1) is 5.92 Å². The summed E-state index contributed by atoms with van der Waals surface area (Å²) in [5, 5.41) is 3.19. The number of aromatic nitrogens is 1. The topological polar surface area (TPSA) is 38.1 Å². The van der Waals surface area contributed by atoms with Gasteiger partial charge in [-0.3, -0.25) is 0 Å². The van der Waals surface area contributed by atoms with Crippen LogP contribution in [-0.2, 0) is 5.92 Å². The molecule has 0 radical (unpaired) electrons. The monoisotopic (exact) mass is 266 g/mol. The predicted molar refractivity (Wildman–Crippen MR) is 68.1 cm³/mol. The third kappa shape index (κ3) is 2.61. The first-order valence-corrected chi connectivity index (χ1v) is 6.57. The largest absolute Gasteiger partial charge is 0.443 e. The van der Waals surface area contributed by atoms with E-state index in [9.17, 15) is 8.78 Å². The van der Waals surface area contributed by atoms with Gasteiger partial charge in [0, 0.05) is 12.0 Å². The number of hydrogen-bond donors (Lipinski definition) is 1. The van der Waals surface area contributed by atoms with E-state index in [1.165, 1.54) is 18.5 Å². The maximum atomic E-state index is 14.3. The third-order valence-corrected chi connectivity index (χ3v) is 3.76. The Kier molecular flexibility index (Phi) is 3.22. The van der Waals surface area contributed by atoms with E-state index < -0.39 is 5.92 Å². The second-order valence-electron chi connectivity index (χ2n) is 5.14. The first kappa shape index (κ1) is 12.5. The van der Waals surface area contributed by atoms with Crippen molar-refractivity contribution in [2.24, 2.45) is 5.92 Å². The van der Waals surface area contributed by atoms with E-state index >= 15 is 0 Å². The smallest absolute Gasteiger partial charge is 0.273 e. The van der Waals surface area contributed by atoms with Crippen LogP contribution in [0.15, 0.2) is 29.0 Å². The molecule has 1 fully saturated rings. The summed E-state index contributed by atoms with van der Waals surface area (Å²) < 4.78 is 33.7. The average Bonchev–Trinajstić information content (AvgIpc) is 2.86. The summed E-state index contributed by atoms with van der Waals surface area (Å²) in [7, 11) is 0. The molecule has 3 nitrogen and oxygen atoms in total. The van der Waals surface area contributed by atoms with E-state index in [1.807, 2.05) is 0 Å². The lowest BCUT2D eigenvalue weighted by Gasteiger charge is -2.27. The minimum Gasteiger partial charge on any atom is -0.443 e. The molecule has 0 unspecified atom stereocenters. The van der Waals surface area contributed by atoms with Gasteiger partial charge in [0.25, 0.3) is 5.92 Å². The molecule has 0 amide bonds. The molecule has 2 aromatic rings. The predicted octanol–water partition coefficient (Wildman–Crippen LogP) is 3.31. The molecule has 1 saturated heterocycles. The lowest BCUT2D eigenvalue weighted by atomic mass is 9.89. The molecule has 19 heavy (non-hydrogen) atoms. The summed E-state index contributed by atoms with van der Waals surface area (Å²) in [5.74, 6) is -2.72. The highest BCUT2D eigenvalue weighted by molar-refractivity contribution is 5.73. The Morgan fingerprint density at radius 2 is 2.11 bits per heavy atom. The summed E-state index contributed by atoms with van der Waals surface area (Å²) in [6.07, 6.45) is 2.83. The van der Waals surface area contributed by atoms with Crippen molar-refractivity contribution in [2.45, 2.75) is 25.2 Å². The zero-order valence-corrected chi connectivity index (χ0v) is 10.5. The Balaban J connectivity index is 1.81. The van der Waals surface area contributed by atoms with Crippen molar-refractivity contribution in [3.05, 3.63) is 30.2 Å². The van der Waals surface area contributed by atoms with Crippen molar-refractivity contribution in [3.8, 4) is 0 Å². The van der Waals surface area contributed by atoms with Gasteiger partial charge in [0.1, 0.15) is 5.52 Å². The summed E-state index contributed by atoms with van der Waals surface area (Å²) in [4.78, 5) is 3.94. The molecule has 3 rings (SSSR count). The molecule has 0 atom stereocenters. The molecule has 102 valence electrons. The van der Waals surface area contributed by atoms with Crippen LogP contribution in [0.2, 0.25) is 0 Å². The molecule has 0 spiro atoms. The van der Waals surface area contributed by atoms with Crippen molar-refractivity contribution < 1.29 is 13.2 Å². The van der Waals surface area contributed by atoms with Crippen molar-refractivity contribution in [3.63, 3.8) is 0 Å². The third-order valence-electron chi connectivity index (χ3n) is 3.76. The number of piperidine rings is 1. The lowest BCUT2D eigenvalue weighted by molar-refractivity contribution is -0.0325. The number of hydrogen-bond acceptors (Lipinski definition) is 3. The van der Waals surface area contributed by atoms with E-state index in [1.54, 1.807) is 6.07 Å². The van der Waals surface area contributed by atoms with Gasteiger partial charge in [-0.15, -0.1) is 0 Å². The molecule has 1 N–H and O–H groups in total. The number of alkyl halides is 2. The number of halogens is 2. The van der Waals surface area contributed by atoms with Crippen LogP contribution in [0.4, 0.5) is 8.78 Å². The quantitative estimate of drug-likeness (QED) is 0.926. The van der Waals surface area contributed by atoms with Gasteiger partial charge in [-0.1, -0.05) is 6.07 Å². The van der Waals surface area contributed by atoms with Gasteiger partial charge in [0.05, 0.1) is 0 Å². The van der Waals surface area contributed by atoms with Gasteiger partial charge in [0.2, 0.25) is 0 Å². The summed E-state index contributed by atoms with van der Waals surface area (Å²) in [6.45, 7) is 1.67. The standard InChI is InChI=1S/C14H16F2N2O/c15-14(16,8-10-3-5-17-6-4-10)11-1-2-12-13(7-11)19-9-18-12/h1-2,7,9-10,17H,3-6,8H2.